The summed E-state index contributed by atoms with van der Waals surface area (Å²) in [5.41, 5.74) is 1.70. The molecule has 1 atom stereocenters. The predicted molar refractivity (Wildman–Crippen MR) is 116 cm³/mol. The van der Waals surface area contributed by atoms with E-state index >= 15 is 0 Å². The Bertz CT molecular complexity index is 1150. The molecule has 7 nitrogen and oxygen atoms in total. The fourth-order valence-electron chi connectivity index (χ4n) is 3.48. The van der Waals surface area contributed by atoms with Crippen molar-refractivity contribution >= 4 is 33.0 Å². The van der Waals surface area contributed by atoms with Gasteiger partial charge in [-0.3, -0.25) is 4.79 Å². The maximum Gasteiger partial charge on any atom is 0.286 e. The molecule has 0 radical (unpaired) electrons. The monoisotopic (exact) mass is 442 g/mol. The lowest BCUT2D eigenvalue weighted by molar-refractivity contribution is 0.102. The molecule has 2 heterocycles. The summed E-state index contributed by atoms with van der Waals surface area (Å²) in [6.45, 7) is 2.74. The van der Waals surface area contributed by atoms with E-state index in [1.807, 2.05) is 31.2 Å². The van der Waals surface area contributed by atoms with Crippen molar-refractivity contribution in [1.82, 2.24) is 14.5 Å². The number of hydrogen-bond acceptors (Lipinski definition) is 6. The molecule has 30 heavy (non-hydrogen) atoms. The fourth-order valence-corrected chi connectivity index (χ4v) is 5.89. The minimum absolute atomic E-state index is 0.0743. The van der Waals surface area contributed by atoms with Crippen LogP contribution in [0.25, 0.3) is 0 Å². The summed E-state index contributed by atoms with van der Waals surface area (Å²) in [5.74, 6) is -0.382. The highest BCUT2D eigenvalue weighted by molar-refractivity contribution is 7.89. The third-order valence-corrected chi connectivity index (χ3v) is 8.11. The summed E-state index contributed by atoms with van der Waals surface area (Å²) in [5, 5.41) is 12.1. The van der Waals surface area contributed by atoms with Crippen LogP contribution in [0.5, 0.6) is 0 Å². The predicted octanol–water partition coefficient (Wildman–Crippen LogP) is 3.67. The Hall–Kier alpha value is -2.62. The number of para-hydroxylation sites is 1. The minimum atomic E-state index is -3.55. The molecule has 3 aromatic rings. The number of carbonyl (C=O) groups is 1. The van der Waals surface area contributed by atoms with Gasteiger partial charge in [0, 0.05) is 24.7 Å². The van der Waals surface area contributed by atoms with E-state index in [4.69, 9.17) is 0 Å². The summed E-state index contributed by atoms with van der Waals surface area (Å²) in [6, 6.07) is 16.0. The Morgan fingerprint density at radius 2 is 1.83 bits per heavy atom. The average molecular weight is 443 g/mol. The van der Waals surface area contributed by atoms with Crippen molar-refractivity contribution in [3.63, 3.8) is 0 Å². The largest absolute Gasteiger partial charge is 0.320 e. The number of piperidine rings is 1. The van der Waals surface area contributed by atoms with Crippen molar-refractivity contribution in [1.29, 1.82) is 0 Å². The SMILES string of the molecule is Cc1ccccc1NC(=O)c1nnc([C@@H]2CCCN(S(=O)(=O)c3ccccc3)C2)s1. The van der Waals surface area contributed by atoms with Crippen LogP contribution in [0.15, 0.2) is 59.5 Å². The van der Waals surface area contributed by atoms with Crippen LogP contribution in [0.2, 0.25) is 0 Å². The van der Waals surface area contributed by atoms with Gasteiger partial charge >= 0.3 is 0 Å². The number of aromatic nitrogens is 2. The van der Waals surface area contributed by atoms with Crippen molar-refractivity contribution in [2.24, 2.45) is 0 Å². The number of nitrogens with zero attached hydrogens (tertiary/aromatic N) is 3. The van der Waals surface area contributed by atoms with Gasteiger partial charge in [-0.2, -0.15) is 4.31 Å². The first-order valence-electron chi connectivity index (χ1n) is 9.71. The number of sulfonamides is 1. The van der Waals surface area contributed by atoms with E-state index in [0.29, 0.717) is 23.0 Å². The maximum absolute atomic E-state index is 12.9. The van der Waals surface area contributed by atoms with Crippen molar-refractivity contribution < 1.29 is 13.2 Å². The van der Waals surface area contributed by atoms with Gasteiger partial charge < -0.3 is 5.32 Å². The molecule has 2 aromatic carbocycles. The van der Waals surface area contributed by atoms with Gasteiger partial charge in [-0.15, -0.1) is 10.2 Å². The third-order valence-electron chi connectivity index (χ3n) is 5.14. The molecule has 0 unspecified atom stereocenters. The van der Waals surface area contributed by atoms with E-state index in [1.165, 1.54) is 15.6 Å². The highest BCUT2D eigenvalue weighted by Gasteiger charge is 2.32. The molecule has 1 aromatic heterocycles. The van der Waals surface area contributed by atoms with Crippen molar-refractivity contribution in [3.8, 4) is 0 Å². The van der Waals surface area contributed by atoms with Crippen LogP contribution in [-0.2, 0) is 10.0 Å². The van der Waals surface area contributed by atoms with Crippen LogP contribution in [-0.4, -0.2) is 41.9 Å². The van der Waals surface area contributed by atoms with E-state index in [0.717, 1.165) is 24.1 Å². The first-order valence-corrected chi connectivity index (χ1v) is 12.0. The van der Waals surface area contributed by atoms with E-state index in [-0.39, 0.29) is 16.8 Å². The van der Waals surface area contributed by atoms with Gasteiger partial charge in [0.05, 0.1) is 4.90 Å². The molecule has 1 aliphatic rings. The zero-order valence-corrected chi connectivity index (χ0v) is 18.1. The number of nitrogens with one attached hydrogen (secondary N) is 1. The number of rotatable bonds is 5. The summed E-state index contributed by atoms with van der Waals surface area (Å²) in [4.78, 5) is 12.9. The zero-order chi connectivity index (χ0) is 21.1. The first kappa shape index (κ1) is 20.6. The van der Waals surface area contributed by atoms with Crippen LogP contribution < -0.4 is 5.32 Å². The van der Waals surface area contributed by atoms with Crippen molar-refractivity contribution in [2.75, 3.05) is 18.4 Å². The molecule has 156 valence electrons. The number of carbonyl (C=O) groups excluding carboxylic acids is 1. The number of hydrogen-bond donors (Lipinski definition) is 1. The summed E-state index contributed by atoms with van der Waals surface area (Å²) < 4.78 is 27.4. The second-order valence-electron chi connectivity index (χ2n) is 7.23. The third kappa shape index (κ3) is 4.28. The number of benzene rings is 2. The topological polar surface area (TPSA) is 92.3 Å². The second-order valence-corrected chi connectivity index (χ2v) is 10.2. The Morgan fingerprint density at radius 3 is 2.60 bits per heavy atom. The van der Waals surface area contributed by atoms with Crippen LogP contribution in [0, 0.1) is 6.92 Å². The smallest absolute Gasteiger partial charge is 0.286 e. The molecule has 0 saturated carbocycles. The van der Waals surface area contributed by atoms with Gasteiger partial charge in [-0.05, 0) is 43.5 Å². The highest BCUT2D eigenvalue weighted by atomic mass is 32.2. The molecule has 0 aliphatic carbocycles. The summed E-state index contributed by atoms with van der Waals surface area (Å²) in [6.07, 6.45) is 1.55. The van der Waals surface area contributed by atoms with Crippen molar-refractivity contribution in [3.05, 3.63) is 70.2 Å². The van der Waals surface area contributed by atoms with Gasteiger partial charge in [0.2, 0.25) is 15.0 Å². The number of anilines is 1. The molecule has 4 rings (SSSR count). The summed E-state index contributed by atoms with van der Waals surface area (Å²) >= 11 is 1.23. The molecular weight excluding hydrogens is 420 g/mol. The van der Waals surface area contributed by atoms with Gasteiger partial charge in [-0.25, -0.2) is 8.42 Å². The van der Waals surface area contributed by atoms with Gasteiger partial charge in [0.15, 0.2) is 0 Å². The van der Waals surface area contributed by atoms with Gasteiger partial charge in [0.25, 0.3) is 5.91 Å². The van der Waals surface area contributed by atoms with Crippen LogP contribution in [0.3, 0.4) is 0 Å². The van der Waals surface area contributed by atoms with Gasteiger partial charge in [0.1, 0.15) is 5.01 Å². The van der Waals surface area contributed by atoms with E-state index in [1.54, 1.807) is 30.3 Å². The number of aryl methyl sites for hydroxylation is 1. The Labute approximate surface area is 179 Å². The molecule has 1 amide bonds. The van der Waals surface area contributed by atoms with E-state index in [9.17, 15) is 13.2 Å². The first-order chi connectivity index (χ1) is 14.4. The Balaban J connectivity index is 1.48. The summed E-state index contributed by atoms with van der Waals surface area (Å²) in [7, 11) is -3.55. The molecule has 0 bridgehead atoms. The fraction of sp³-hybridized carbons (Fsp3) is 0.286. The minimum Gasteiger partial charge on any atom is -0.320 e. The molecule has 1 aliphatic heterocycles. The molecule has 9 heteroatoms. The van der Waals surface area contributed by atoms with Gasteiger partial charge in [-0.1, -0.05) is 47.7 Å². The average Bonchev–Trinajstić information content (AvgIpc) is 3.27. The molecule has 0 spiro atoms. The molecular formula is C21H22N4O3S2. The number of amides is 1. The Kier molecular flexibility index (Phi) is 5.94. The molecule has 1 fully saturated rings. The maximum atomic E-state index is 12.9. The van der Waals surface area contributed by atoms with Crippen LogP contribution in [0.4, 0.5) is 5.69 Å². The lowest BCUT2D eigenvalue weighted by Gasteiger charge is -2.30. The normalized spacial score (nSPS) is 17.6. The standard InChI is InChI=1S/C21H22N4O3S2/c1-15-8-5-6-12-18(15)22-19(26)21-24-23-20(29-21)16-9-7-13-25(14-16)30(27,28)17-10-3-2-4-11-17/h2-6,8,10-12,16H,7,9,13-14H2,1H3,(H,22,26)/t16-/m1/s1. The van der Waals surface area contributed by atoms with Crippen LogP contribution in [0.1, 0.15) is 39.1 Å². The lowest BCUT2D eigenvalue weighted by Crippen LogP contribution is -2.39. The lowest BCUT2D eigenvalue weighted by atomic mass is 10.0. The highest BCUT2D eigenvalue weighted by Crippen LogP contribution is 2.32. The molecule has 1 saturated heterocycles. The molecule has 1 N–H and O–H groups in total. The Morgan fingerprint density at radius 1 is 1.10 bits per heavy atom. The quantitative estimate of drug-likeness (QED) is 0.651. The van der Waals surface area contributed by atoms with Crippen LogP contribution >= 0.6 is 11.3 Å². The van der Waals surface area contributed by atoms with E-state index in [2.05, 4.69) is 15.5 Å². The van der Waals surface area contributed by atoms with E-state index < -0.39 is 10.0 Å². The van der Waals surface area contributed by atoms with Crippen molar-refractivity contribution in [2.45, 2.75) is 30.6 Å². The second kappa shape index (κ2) is 8.63. The zero-order valence-electron chi connectivity index (χ0n) is 16.5.